The molecular formula is C36H59F9O4Si2. The first kappa shape index (κ1) is 47.5. The van der Waals surface area contributed by atoms with Gasteiger partial charge >= 0.3 is 23.9 Å². The summed E-state index contributed by atoms with van der Waals surface area (Å²) in [6.07, 6.45) is -3.83. The van der Waals surface area contributed by atoms with Crippen molar-refractivity contribution in [2.24, 2.45) is 5.92 Å². The molecule has 0 aliphatic carbocycles. The van der Waals surface area contributed by atoms with Crippen molar-refractivity contribution in [3.8, 4) is 5.75 Å². The lowest BCUT2D eigenvalue weighted by Gasteiger charge is -2.42. The van der Waals surface area contributed by atoms with Crippen LogP contribution >= 0.6 is 0 Å². The SMILES string of the molecule is CC[Si](CC)(CC)O[C@@](C)(CC=C[C@@H](C)COCc1ccc(OCCCC(F)(F)C(F)(F)C(F)(F)C(F)(F)F)cc1)CCO[Si](C)(C)C(C)(C)C. The van der Waals surface area contributed by atoms with Crippen molar-refractivity contribution in [2.75, 3.05) is 19.8 Å². The fraction of sp³-hybridized carbons (Fsp3) is 0.778. The van der Waals surface area contributed by atoms with E-state index in [1.807, 2.05) is 6.92 Å². The molecule has 0 bridgehead atoms. The Labute approximate surface area is 301 Å². The molecule has 4 nitrogen and oxygen atoms in total. The Morgan fingerprint density at radius 3 is 1.80 bits per heavy atom. The molecule has 0 aromatic heterocycles. The third-order valence-corrected chi connectivity index (χ3v) is 19.3. The summed E-state index contributed by atoms with van der Waals surface area (Å²) in [5.41, 5.74) is 0.410. The molecule has 0 amide bonds. The molecule has 0 unspecified atom stereocenters. The summed E-state index contributed by atoms with van der Waals surface area (Å²) in [5, 5.41) is 0.122. The van der Waals surface area contributed by atoms with Gasteiger partial charge in [0.2, 0.25) is 0 Å². The largest absolute Gasteiger partial charge is 0.494 e. The first-order valence-electron chi connectivity index (χ1n) is 17.7. The van der Waals surface area contributed by atoms with Gasteiger partial charge in [0.1, 0.15) is 5.75 Å². The molecule has 51 heavy (non-hydrogen) atoms. The third-order valence-electron chi connectivity index (χ3n) is 10.00. The molecule has 1 aromatic carbocycles. The van der Waals surface area contributed by atoms with E-state index < -0.39 is 60.0 Å². The van der Waals surface area contributed by atoms with Crippen LogP contribution in [-0.2, 0) is 20.2 Å². The van der Waals surface area contributed by atoms with E-state index in [9.17, 15) is 39.5 Å². The maximum Gasteiger partial charge on any atom is 0.460 e. The van der Waals surface area contributed by atoms with Gasteiger partial charge in [0.15, 0.2) is 16.6 Å². The molecule has 0 radical (unpaired) electrons. The first-order valence-corrected chi connectivity index (χ1v) is 23.1. The standard InChI is InChI=1S/C36H59F9O4Si2/c1-11-51(12-2,13-3)49-32(8,23-25-48-50(9,10)31(5,6)7)21-14-16-28(4)26-46-27-29-17-19-30(20-18-29)47-24-15-22-33(37,38)34(39,40)35(41,42)36(43,44)45/h14,16-20,28H,11-13,15,21-27H2,1-10H3/t28-,32+/m1/s1. The summed E-state index contributed by atoms with van der Waals surface area (Å²) in [7, 11) is -3.79. The maximum atomic E-state index is 13.7. The number of benzene rings is 1. The molecule has 0 fully saturated rings. The average molecular weight is 783 g/mol. The van der Waals surface area contributed by atoms with Crippen LogP contribution in [0.3, 0.4) is 0 Å². The quantitative estimate of drug-likeness (QED) is 0.0479. The van der Waals surface area contributed by atoms with E-state index in [-0.39, 0.29) is 28.9 Å². The smallest absolute Gasteiger partial charge is 0.460 e. The monoisotopic (exact) mass is 782 g/mol. The van der Waals surface area contributed by atoms with Gasteiger partial charge in [-0.3, -0.25) is 0 Å². The van der Waals surface area contributed by atoms with Crippen LogP contribution in [0.2, 0.25) is 36.3 Å². The Morgan fingerprint density at radius 2 is 1.31 bits per heavy atom. The highest BCUT2D eigenvalue weighted by atomic mass is 28.4. The van der Waals surface area contributed by atoms with E-state index in [2.05, 4.69) is 73.7 Å². The molecule has 1 aromatic rings. The Morgan fingerprint density at radius 1 is 0.765 bits per heavy atom. The van der Waals surface area contributed by atoms with Crippen molar-refractivity contribution in [3.63, 3.8) is 0 Å². The molecule has 0 aliphatic rings. The summed E-state index contributed by atoms with van der Waals surface area (Å²) in [6, 6.07) is 9.41. The lowest BCUT2D eigenvalue weighted by Crippen LogP contribution is -2.60. The zero-order valence-electron chi connectivity index (χ0n) is 31.9. The summed E-state index contributed by atoms with van der Waals surface area (Å²) in [5.74, 6) is -18.8. The molecule has 298 valence electrons. The Hall–Kier alpha value is -1.56. The van der Waals surface area contributed by atoms with Crippen LogP contribution < -0.4 is 4.74 Å². The number of halogens is 9. The van der Waals surface area contributed by atoms with Gasteiger partial charge in [-0.2, -0.15) is 39.5 Å². The predicted octanol–water partition coefficient (Wildman–Crippen LogP) is 12.6. The lowest BCUT2D eigenvalue weighted by atomic mass is 9.97. The number of rotatable bonds is 23. The summed E-state index contributed by atoms with van der Waals surface area (Å²) in [4.78, 5) is 0. The summed E-state index contributed by atoms with van der Waals surface area (Å²) in [6.45, 7) is 22.8. The molecule has 0 saturated heterocycles. The van der Waals surface area contributed by atoms with Crippen LogP contribution in [0.5, 0.6) is 5.75 Å². The van der Waals surface area contributed by atoms with Gasteiger partial charge in [0.05, 0.1) is 25.4 Å². The zero-order valence-corrected chi connectivity index (χ0v) is 33.9. The van der Waals surface area contributed by atoms with Gasteiger partial charge in [-0.15, -0.1) is 0 Å². The van der Waals surface area contributed by atoms with Gasteiger partial charge in [0, 0.05) is 13.0 Å². The molecule has 1 rings (SSSR count). The second-order valence-corrected chi connectivity index (χ2v) is 24.7. The maximum absolute atomic E-state index is 13.7. The Balaban J connectivity index is 2.68. The molecule has 15 heteroatoms. The Kier molecular flexibility index (Phi) is 17.4. The normalized spacial score (nSPS) is 16.1. The van der Waals surface area contributed by atoms with Crippen LogP contribution in [0.4, 0.5) is 39.5 Å². The number of ether oxygens (including phenoxy) is 2. The van der Waals surface area contributed by atoms with E-state index in [1.54, 1.807) is 12.1 Å². The molecule has 0 N–H and O–H groups in total. The highest BCUT2D eigenvalue weighted by Gasteiger charge is 2.81. The third kappa shape index (κ3) is 13.4. The number of alkyl halides is 9. The highest BCUT2D eigenvalue weighted by molar-refractivity contribution is 6.74. The second kappa shape index (κ2) is 18.7. The number of hydrogen-bond acceptors (Lipinski definition) is 4. The minimum atomic E-state index is -6.89. The molecule has 2 atom stereocenters. The summed E-state index contributed by atoms with van der Waals surface area (Å²) < 4.78 is 142. The minimum absolute atomic E-state index is 0.104. The number of hydrogen-bond donors (Lipinski definition) is 0. The van der Waals surface area contributed by atoms with E-state index in [4.69, 9.17) is 18.3 Å². The topological polar surface area (TPSA) is 36.9 Å². The molecular weight excluding hydrogens is 724 g/mol. The fourth-order valence-corrected chi connectivity index (χ4v) is 9.33. The predicted molar refractivity (Wildman–Crippen MR) is 189 cm³/mol. The van der Waals surface area contributed by atoms with Crippen LogP contribution in [-0.4, -0.2) is 66.0 Å². The molecule has 0 spiro atoms. The Bertz CT molecular complexity index is 1190. The van der Waals surface area contributed by atoms with Crippen LogP contribution in [0.15, 0.2) is 36.4 Å². The van der Waals surface area contributed by atoms with Crippen molar-refractivity contribution >= 4 is 16.6 Å². The van der Waals surface area contributed by atoms with E-state index in [0.29, 0.717) is 13.2 Å². The lowest BCUT2D eigenvalue weighted by molar-refractivity contribution is -0.396. The summed E-state index contributed by atoms with van der Waals surface area (Å²) >= 11 is 0. The highest BCUT2D eigenvalue weighted by Crippen LogP contribution is 2.54. The van der Waals surface area contributed by atoms with Gasteiger partial charge in [-0.25, -0.2) is 0 Å². The first-order chi connectivity index (χ1) is 23.1. The van der Waals surface area contributed by atoms with Gasteiger partial charge in [-0.1, -0.05) is 72.8 Å². The van der Waals surface area contributed by atoms with E-state index in [0.717, 1.165) is 36.5 Å². The van der Waals surface area contributed by atoms with Gasteiger partial charge in [0.25, 0.3) is 0 Å². The molecule has 0 saturated carbocycles. The fourth-order valence-electron chi connectivity index (χ4n) is 5.12. The van der Waals surface area contributed by atoms with Crippen LogP contribution in [0.25, 0.3) is 0 Å². The van der Waals surface area contributed by atoms with Crippen molar-refractivity contribution in [2.45, 2.75) is 153 Å². The van der Waals surface area contributed by atoms with Gasteiger partial charge in [-0.05, 0) is 86.1 Å². The van der Waals surface area contributed by atoms with Crippen molar-refractivity contribution in [1.82, 2.24) is 0 Å². The van der Waals surface area contributed by atoms with Crippen molar-refractivity contribution in [3.05, 3.63) is 42.0 Å². The minimum Gasteiger partial charge on any atom is -0.494 e. The molecule has 0 heterocycles. The second-order valence-electron chi connectivity index (χ2n) is 15.2. The van der Waals surface area contributed by atoms with E-state index >= 15 is 0 Å². The van der Waals surface area contributed by atoms with Crippen LogP contribution in [0.1, 0.15) is 86.6 Å². The van der Waals surface area contributed by atoms with Crippen molar-refractivity contribution < 1.29 is 57.8 Å². The zero-order chi connectivity index (χ0) is 39.6. The van der Waals surface area contributed by atoms with Crippen LogP contribution in [0, 0.1) is 5.92 Å². The van der Waals surface area contributed by atoms with E-state index in [1.165, 1.54) is 12.1 Å². The van der Waals surface area contributed by atoms with Crippen molar-refractivity contribution in [1.29, 1.82) is 0 Å². The van der Waals surface area contributed by atoms with Gasteiger partial charge < -0.3 is 18.3 Å². The average Bonchev–Trinajstić information content (AvgIpc) is 3.01. The molecule has 0 aliphatic heterocycles.